The van der Waals surface area contributed by atoms with Gasteiger partial charge in [-0.1, -0.05) is 12.8 Å². The second-order valence-corrected chi connectivity index (χ2v) is 4.51. The molecule has 0 amide bonds. The van der Waals surface area contributed by atoms with Gasteiger partial charge in [0.15, 0.2) is 0 Å². The van der Waals surface area contributed by atoms with Crippen molar-refractivity contribution < 1.29 is 0 Å². The van der Waals surface area contributed by atoms with Crippen LogP contribution in [0.15, 0.2) is 0 Å². The Kier molecular flexibility index (Phi) is 4.20. The van der Waals surface area contributed by atoms with E-state index in [-0.39, 0.29) is 0 Å². The van der Waals surface area contributed by atoms with Crippen LogP contribution in [0.5, 0.6) is 0 Å². The first-order chi connectivity index (χ1) is 6.16. The lowest BCUT2D eigenvalue weighted by Crippen LogP contribution is -2.51. The first-order valence-corrected chi connectivity index (χ1v) is 5.56. The molecule has 2 nitrogen and oxygen atoms in total. The third kappa shape index (κ3) is 2.68. The van der Waals surface area contributed by atoms with Gasteiger partial charge in [0.2, 0.25) is 0 Å². The third-order valence-corrected chi connectivity index (χ3v) is 3.44. The highest BCUT2D eigenvalue weighted by atomic mass is 15.2. The van der Waals surface area contributed by atoms with E-state index in [1.807, 2.05) is 0 Å². The van der Waals surface area contributed by atoms with Gasteiger partial charge in [0.25, 0.3) is 0 Å². The van der Waals surface area contributed by atoms with E-state index in [2.05, 4.69) is 38.2 Å². The van der Waals surface area contributed by atoms with Crippen molar-refractivity contribution in [2.45, 2.75) is 57.7 Å². The Balaban J connectivity index is 2.53. The molecule has 13 heavy (non-hydrogen) atoms. The largest absolute Gasteiger partial charge is 0.315 e. The molecule has 0 radical (unpaired) electrons. The predicted octanol–water partition coefficient (Wildman–Crippen LogP) is 1.86. The smallest absolute Gasteiger partial charge is 0.0248 e. The van der Waals surface area contributed by atoms with Gasteiger partial charge in [0.05, 0.1) is 0 Å². The molecule has 2 heteroatoms. The molecule has 1 aliphatic rings. The monoisotopic (exact) mass is 184 g/mol. The van der Waals surface area contributed by atoms with Gasteiger partial charge >= 0.3 is 0 Å². The quantitative estimate of drug-likeness (QED) is 0.720. The molecule has 1 rings (SSSR count). The van der Waals surface area contributed by atoms with E-state index in [0.717, 1.165) is 6.04 Å². The van der Waals surface area contributed by atoms with Gasteiger partial charge in [-0.3, -0.25) is 4.90 Å². The zero-order valence-electron chi connectivity index (χ0n) is 9.51. The highest BCUT2D eigenvalue weighted by Crippen LogP contribution is 2.23. The van der Waals surface area contributed by atoms with Crippen LogP contribution in [0.4, 0.5) is 0 Å². The van der Waals surface area contributed by atoms with Gasteiger partial charge in [-0.05, 0) is 40.8 Å². The predicted molar refractivity (Wildman–Crippen MR) is 58.0 cm³/mol. The summed E-state index contributed by atoms with van der Waals surface area (Å²) in [4.78, 5) is 2.51. The maximum atomic E-state index is 3.45. The van der Waals surface area contributed by atoms with Gasteiger partial charge in [-0.15, -0.1) is 0 Å². The summed E-state index contributed by atoms with van der Waals surface area (Å²) in [5.41, 5.74) is 0. The summed E-state index contributed by atoms with van der Waals surface area (Å²) in [6.45, 7) is 4.56. The van der Waals surface area contributed by atoms with Crippen LogP contribution >= 0.6 is 0 Å². The number of nitrogens with one attached hydrogen (secondary N) is 1. The number of likely N-dealkylation sites (N-methyl/N-ethyl adjacent to an activating group) is 2. The van der Waals surface area contributed by atoms with Crippen molar-refractivity contribution >= 4 is 0 Å². The van der Waals surface area contributed by atoms with Crippen LogP contribution in [-0.2, 0) is 0 Å². The minimum absolute atomic E-state index is 0.666. The molecule has 0 aromatic rings. The molecule has 1 N–H and O–H groups in total. The molecule has 2 atom stereocenters. The lowest BCUT2D eigenvalue weighted by molar-refractivity contribution is 0.124. The number of nitrogens with zero attached hydrogens (tertiary/aromatic N) is 1. The summed E-state index contributed by atoms with van der Waals surface area (Å²) in [5.74, 6) is 0. The fourth-order valence-electron chi connectivity index (χ4n) is 2.32. The molecule has 0 unspecified atom stereocenters. The lowest BCUT2D eigenvalue weighted by Gasteiger charge is -2.40. The van der Waals surface area contributed by atoms with Gasteiger partial charge in [0, 0.05) is 18.1 Å². The first-order valence-electron chi connectivity index (χ1n) is 5.56. The molecular weight excluding hydrogens is 160 g/mol. The Bertz CT molecular complexity index is 143. The molecule has 1 saturated carbocycles. The van der Waals surface area contributed by atoms with Crippen LogP contribution in [0.3, 0.4) is 0 Å². The standard InChI is InChI=1S/C11H24N2/c1-9(2)13(4)11-8-6-5-7-10(11)12-3/h9-12H,5-8H2,1-4H3/t10-,11+/m0/s1. The Morgan fingerprint density at radius 2 is 1.85 bits per heavy atom. The van der Waals surface area contributed by atoms with E-state index >= 15 is 0 Å². The van der Waals surface area contributed by atoms with Crippen molar-refractivity contribution in [3.05, 3.63) is 0 Å². The average Bonchev–Trinajstić information content (AvgIpc) is 2.16. The van der Waals surface area contributed by atoms with Crippen LogP contribution < -0.4 is 5.32 Å². The minimum atomic E-state index is 0.666. The Hall–Kier alpha value is -0.0800. The molecule has 78 valence electrons. The van der Waals surface area contributed by atoms with Gasteiger partial charge in [0.1, 0.15) is 0 Å². The Labute approximate surface area is 82.7 Å². The van der Waals surface area contributed by atoms with Crippen molar-refractivity contribution in [3.8, 4) is 0 Å². The Morgan fingerprint density at radius 3 is 2.38 bits per heavy atom. The number of hydrogen-bond donors (Lipinski definition) is 1. The minimum Gasteiger partial charge on any atom is -0.315 e. The fraction of sp³-hybridized carbons (Fsp3) is 1.00. The third-order valence-electron chi connectivity index (χ3n) is 3.44. The summed E-state index contributed by atoms with van der Waals surface area (Å²) in [6.07, 6.45) is 5.51. The molecule has 0 spiro atoms. The molecule has 0 bridgehead atoms. The maximum Gasteiger partial charge on any atom is 0.0248 e. The molecule has 1 fully saturated rings. The van der Waals surface area contributed by atoms with Gasteiger partial charge in [-0.2, -0.15) is 0 Å². The van der Waals surface area contributed by atoms with E-state index in [0.29, 0.717) is 12.1 Å². The van der Waals surface area contributed by atoms with Crippen LogP contribution in [-0.4, -0.2) is 37.1 Å². The molecule has 0 heterocycles. The SMILES string of the molecule is CN[C@H]1CCCC[C@H]1N(C)C(C)C. The molecule has 0 aromatic heterocycles. The fourth-order valence-corrected chi connectivity index (χ4v) is 2.32. The summed E-state index contributed by atoms with van der Waals surface area (Å²) < 4.78 is 0. The first kappa shape index (κ1) is 11.0. The van der Waals surface area contributed by atoms with Gasteiger partial charge in [-0.25, -0.2) is 0 Å². The Morgan fingerprint density at radius 1 is 1.23 bits per heavy atom. The summed E-state index contributed by atoms with van der Waals surface area (Å²) in [6, 6.07) is 2.12. The number of hydrogen-bond acceptors (Lipinski definition) is 2. The highest BCUT2D eigenvalue weighted by molar-refractivity contribution is 4.87. The maximum absolute atomic E-state index is 3.45. The van der Waals surface area contributed by atoms with Crippen molar-refractivity contribution in [2.75, 3.05) is 14.1 Å². The van der Waals surface area contributed by atoms with Crippen molar-refractivity contribution in [3.63, 3.8) is 0 Å². The molecular formula is C11H24N2. The van der Waals surface area contributed by atoms with E-state index in [4.69, 9.17) is 0 Å². The van der Waals surface area contributed by atoms with E-state index in [1.165, 1.54) is 25.7 Å². The van der Waals surface area contributed by atoms with Crippen LogP contribution in [0.1, 0.15) is 39.5 Å². The van der Waals surface area contributed by atoms with Crippen LogP contribution in [0, 0.1) is 0 Å². The topological polar surface area (TPSA) is 15.3 Å². The van der Waals surface area contributed by atoms with Gasteiger partial charge < -0.3 is 5.32 Å². The zero-order valence-corrected chi connectivity index (χ0v) is 9.51. The van der Waals surface area contributed by atoms with Crippen molar-refractivity contribution in [1.82, 2.24) is 10.2 Å². The zero-order chi connectivity index (χ0) is 9.84. The van der Waals surface area contributed by atoms with Crippen molar-refractivity contribution in [2.24, 2.45) is 0 Å². The second kappa shape index (κ2) is 4.97. The molecule has 1 aliphatic carbocycles. The van der Waals surface area contributed by atoms with Crippen LogP contribution in [0.2, 0.25) is 0 Å². The molecule has 0 aromatic carbocycles. The average molecular weight is 184 g/mol. The van der Waals surface area contributed by atoms with Crippen molar-refractivity contribution in [1.29, 1.82) is 0 Å². The van der Waals surface area contributed by atoms with E-state index in [1.54, 1.807) is 0 Å². The van der Waals surface area contributed by atoms with E-state index < -0.39 is 0 Å². The van der Waals surface area contributed by atoms with E-state index in [9.17, 15) is 0 Å². The summed E-state index contributed by atoms with van der Waals surface area (Å²) in [7, 11) is 4.35. The second-order valence-electron chi connectivity index (χ2n) is 4.51. The lowest BCUT2D eigenvalue weighted by atomic mass is 9.89. The molecule has 0 saturated heterocycles. The summed E-state index contributed by atoms with van der Waals surface area (Å²) >= 11 is 0. The van der Waals surface area contributed by atoms with Crippen LogP contribution in [0.25, 0.3) is 0 Å². The summed E-state index contributed by atoms with van der Waals surface area (Å²) in [5, 5.41) is 3.45. The normalized spacial score (nSPS) is 30.0. The number of rotatable bonds is 3. The highest BCUT2D eigenvalue weighted by Gasteiger charge is 2.27. The molecule has 0 aliphatic heterocycles.